The van der Waals surface area contributed by atoms with Gasteiger partial charge in [-0.2, -0.15) is 0 Å². The lowest BCUT2D eigenvalue weighted by atomic mass is 10.1. The lowest BCUT2D eigenvalue weighted by molar-refractivity contribution is 0.102. The zero-order chi connectivity index (χ0) is 20.1. The number of hydrogen-bond donors (Lipinski definition) is 1. The summed E-state index contributed by atoms with van der Waals surface area (Å²) in [6, 6.07) is 15.1. The van der Waals surface area contributed by atoms with Crippen LogP contribution in [-0.4, -0.2) is 23.6 Å². The van der Waals surface area contributed by atoms with Crippen molar-refractivity contribution in [2.45, 2.75) is 38.7 Å². The van der Waals surface area contributed by atoms with Gasteiger partial charge in [-0.05, 0) is 62.9 Å². The normalized spacial score (nSPS) is 14.0. The molecule has 0 unspecified atom stereocenters. The molecule has 3 aromatic rings. The molecular weight excluding hydrogens is 384 g/mol. The fourth-order valence-corrected chi connectivity index (χ4v) is 4.20. The molecule has 1 amide bonds. The summed E-state index contributed by atoms with van der Waals surface area (Å²) in [6.45, 7) is 2.54. The Bertz CT molecular complexity index is 980. The molecule has 29 heavy (non-hydrogen) atoms. The first-order chi connectivity index (χ1) is 14.2. The smallest absolute Gasteiger partial charge is 0.257 e. The summed E-state index contributed by atoms with van der Waals surface area (Å²) in [4.78, 5) is 17.3. The third-order valence-electron chi connectivity index (χ3n) is 4.89. The van der Waals surface area contributed by atoms with Crippen LogP contribution in [0, 0.1) is 0 Å². The minimum Gasteiger partial charge on any atom is -0.493 e. The van der Waals surface area contributed by atoms with Crippen LogP contribution in [0.5, 0.6) is 11.5 Å². The molecule has 0 radical (unpaired) electrons. The number of carbonyl (C=O) groups excluding carboxylic acids is 1. The minimum atomic E-state index is -0.194. The Morgan fingerprint density at radius 1 is 1.17 bits per heavy atom. The molecule has 150 valence electrons. The van der Waals surface area contributed by atoms with Gasteiger partial charge in [-0.1, -0.05) is 18.2 Å². The van der Waals surface area contributed by atoms with E-state index in [1.165, 1.54) is 24.2 Å². The predicted molar refractivity (Wildman–Crippen MR) is 116 cm³/mol. The van der Waals surface area contributed by atoms with Gasteiger partial charge in [0.1, 0.15) is 11.5 Å². The molecule has 4 rings (SSSR count). The highest BCUT2D eigenvalue weighted by Gasteiger charge is 2.17. The number of nitrogens with one attached hydrogen (secondary N) is 1. The first kappa shape index (κ1) is 19.5. The average Bonchev–Trinajstić information content (AvgIpc) is 3.41. The quantitative estimate of drug-likeness (QED) is 0.538. The second-order valence-electron chi connectivity index (χ2n) is 6.97. The van der Waals surface area contributed by atoms with Gasteiger partial charge in [-0.15, -0.1) is 11.3 Å². The molecule has 1 aromatic heterocycles. The monoisotopic (exact) mass is 408 g/mol. The van der Waals surface area contributed by atoms with Crippen LogP contribution in [0.2, 0.25) is 0 Å². The molecule has 0 atom stereocenters. The van der Waals surface area contributed by atoms with E-state index in [1.54, 1.807) is 12.1 Å². The SMILES string of the molecule is CCOc1ccccc1-c1csc(NC(=O)c2cccc(OC3CCCC3)c2)n1. The van der Waals surface area contributed by atoms with Crippen LogP contribution in [0.4, 0.5) is 5.13 Å². The van der Waals surface area contributed by atoms with E-state index < -0.39 is 0 Å². The summed E-state index contributed by atoms with van der Waals surface area (Å²) in [5.74, 6) is 1.34. The Kier molecular flexibility index (Phi) is 6.10. The first-order valence-corrected chi connectivity index (χ1v) is 10.9. The van der Waals surface area contributed by atoms with Crippen molar-refractivity contribution in [3.63, 3.8) is 0 Å². The number of hydrogen-bond acceptors (Lipinski definition) is 5. The molecule has 1 heterocycles. The topological polar surface area (TPSA) is 60.5 Å². The number of carbonyl (C=O) groups is 1. The molecule has 1 aliphatic carbocycles. The summed E-state index contributed by atoms with van der Waals surface area (Å²) < 4.78 is 11.7. The van der Waals surface area contributed by atoms with Crippen LogP contribution >= 0.6 is 11.3 Å². The second-order valence-corrected chi connectivity index (χ2v) is 7.83. The van der Waals surface area contributed by atoms with E-state index in [0.717, 1.165) is 35.6 Å². The number of amides is 1. The Hall–Kier alpha value is -2.86. The summed E-state index contributed by atoms with van der Waals surface area (Å²) in [6.07, 6.45) is 4.86. The van der Waals surface area contributed by atoms with Crippen LogP contribution in [-0.2, 0) is 0 Å². The Balaban J connectivity index is 1.46. The van der Waals surface area contributed by atoms with Crippen molar-refractivity contribution in [3.8, 4) is 22.8 Å². The van der Waals surface area contributed by atoms with Crippen molar-refractivity contribution < 1.29 is 14.3 Å². The average molecular weight is 409 g/mol. The predicted octanol–water partition coefficient (Wildman–Crippen LogP) is 5.78. The number of aromatic nitrogens is 1. The van der Waals surface area contributed by atoms with Crippen LogP contribution in [0.15, 0.2) is 53.9 Å². The van der Waals surface area contributed by atoms with E-state index in [2.05, 4.69) is 10.3 Å². The Morgan fingerprint density at radius 3 is 2.83 bits per heavy atom. The molecular formula is C23H24N2O3S. The van der Waals surface area contributed by atoms with E-state index in [1.807, 2.05) is 48.7 Å². The highest BCUT2D eigenvalue weighted by molar-refractivity contribution is 7.14. The Labute approximate surface area is 174 Å². The third kappa shape index (κ3) is 4.77. The third-order valence-corrected chi connectivity index (χ3v) is 5.65. The zero-order valence-electron chi connectivity index (χ0n) is 16.4. The largest absolute Gasteiger partial charge is 0.493 e. The van der Waals surface area contributed by atoms with Crippen LogP contribution < -0.4 is 14.8 Å². The fraction of sp³-hybridized carbons (Fsp3) is 0.304. The molecule has 0 bridgehead atoms. The van der Waals surface area contributed by atoms with Gasteiger partial charge in [0.05, 0.1) is 18.4 Å². The minimum absolute atomic E-state index is 0.194. The van der Waals surface area contributed by atoms with Gasteiger partial charge >= 0.3 is 0 Å². The van der Waals surface area contributed by atoms with E-state index in [0.29, 0.717) is 17.3 Å². The standard InChI is InChI=1S/C23H24N2O3S/c1-2-27-21-13-6-5-12-19(21)20-15-29-23(24-20)25-22(26)16-8-7-11-18(14-16)28-17-9-3-4-10-17/h5-8,11-15,17H,2-4,9-10H2,1H3,(H,24,25,26). The summed E-state index contributed by atoms with van der Waals surface area (Å²) >= 11 is 1.39. The van der Waals surface area contributed by atoms with Crippen LogP contribution in [0.1, 0.15) is 43.0 Å². The molecule has 5 nitrogen and oxygen atoms in total. The van der Waals surface area contributed by atoms with Crippen molar-refractivity contribution in [2.75, 3.05) is 11.9 Å². The molecule has 1 saturated carbocycles. The highest BCUT2D eigenvalue weighted by Crippen LogP contribution is 2.32. The van der Waals surface area contributed by atoms with Gasteiger partial charge in [-0.25, -0.2) is 4.98 Å². The molecule has 1 N–H and O–H groups in total. The van der Waals surface area contributed by atoms with Crippen molar-refractivity contribution >= 4 is 22.4 Å². The lowest BCUT2D eigenvalue weighted by Crippen LogP contribution is -2.14. The molecule has 0 saturated heterocycles. The first-order valence-electron chi connectivity index (χ1n) is 9.98. The number of rotatable bonds is 7. The fourth-order valence-electron chi connectivity index (χ4n) is 3.49. The van der Waals surface area contributed by atoms with Crippen molar-refractivity contribution in [1.29, 1.82) is 0 Å². The van der Waals surface area contributed by atoms with Gasteiger partial charge in [-0.3, -0.25) is 10.1 Å². The second kappa shape index (κ2) is 9.09. The van der Waals surface area contributed by atoms with Crippen LogP contribution in [0.3, 0.4) is 0 Å². The molecule has 6 heteroatoms. The van der Waals surface area contributed by atoms with Crippen molar-refractivity contribution in [3.05, 3.63) is 59.5 Å². The summed E-state index contributed by atoms with van der Waals surface area (Å²) in [5, 5.41) is 5.37. The molecule has 1 aliphatic rings. The van der Waals surface area contributed by atoms with Crippen molar-refractivity contribution in [1.82, 2.24) is 4.98 Å². The van der Waals surface area contributed by atoms with Crippen LogP contribution in [0.25, 0.3) is 11.3 Å². The zero-order valence-corrected chi connectivity index (χ0v) is 17.2. The van der Waals surface area contributed by atoms with Gasteiger partial charge in [0.25, 0.3) is 5.91 Å². The maximum Gasteiger partial charge on any atom is 0.257 e. The van der Waals surface area contributed by atoms with E-state index in [9.17, 15) is 4.79 Å². The van der Waals surface area contributed by atoms with Gasteiger partial charge in [0.2, 0.25) is 0 Å². The van der Waals surface area contributed by atoms with Crippen molar-refractivity contribution in [2.24, 2.45) is 0 Å². The number of ether oxygens (including phenoxy) is 2. The number of thiazole rings is 1. The maximum atomic E-state index is 12.7. The van der Waals surface area contributed by atoms with Gasteiger partial charge in [0.15, 0.2) is 5.13 Å². The number of nitrogens with zero attached hydrogens (tertiary/aromatic N) is 1. The number of para-hydroxylation sites is 1. The van der Waals surface area contributed by atoms with E-state index >= 15 is 0 Å². The summed E-state index contributed by atoms with van der Waals surface area (Å²) in [5.41, 5.74) is 2.26. The van der Waals surface area contributed by atoms with Gasteiger partial charge in [0, 0.05) is 16.5 Å². The molecule has 1 fully saturated rings. The molecule has 0 aliphatic heterocycles. The van der Waals surface area contributed by atoms with Gasteiger partial charge < -0.3 is 9.47 Å². The van der Waals surface area contributed by atoms with E-state index in [-0.39, 0.29) is 12.0 Å². The highest BCUT2D eigenvalue weighted by atomic mass is 32.1. The lowest BCUT2D eigenvalue weighted by Gasteiger charge is -2.13. The number of benzene rings is 2. The van der Waals surface area contributed by atoms with E-state index in [4.69, 9.17) is 9.47 Å². The summed E-state index contributed by atoms with van der Waals surface area (Å²) in [7, 11) is 0. The molecule has 2 aromatic carbocycles. The maximum absolute atomic E-state index is 12.7. The molecule has 0 spiro atoms. The number of anilines is 1. The Morgan fingerprint density at radius 2 is 2.00 bits per heavy atom.